The van der Waals surface area contributed by atoms with Gasteiger partial charge in [0.1, 0.15) is 24.0 Å². The molecule has 3 heterocycles. The predicted octanol–water partition coefficient (Wildman–Crippen LogP) is 0.356. The van der Waals surface area contributed by atoms with E-state index in [-0.39, 0.29) is 23.6 Å². The van der Waals surface area contributed by atoms with Crippen molar-refractivity contribution < 1.29 is 28.9 Å². The van der Waals surface area contributed by atoms with Crippen LogP contribution in [-0.4, -0.2) is 84.8 Å². The topological polar surface area (TPSA) is 104 Å². The second kappa shape index (κ2) is 8.45. The van der Waals surface area contributed by atoms with Crippen molar-refractivity contribution in [3.63, 3.8) is 0 Å². The molecule has 0 radical (unpaired) electrons. The molecule has 0 aliphatic carbocycles. The number of esters is 1. The van der Waals surface area contributed by atoms with Crippen molar-refractivity contribution in [3.05, 3.63) is 33.9 Å². The molecule has 1 aromatic heterocycles. The van der Waals surface area contributed by atoms with E-state index in [4.69, 9.17) is 19.7 Å². The molecule has 2 N–H and O–H groups in total. The van der Waals surface area contributed by atoms with Crippen LogP contribution in [0.3, 0.4) is 0 Å². The fourth-order valence-electron chi connectivity index (χ4n) is 4.03. The zero-order valence-electron chi connectivity index (χ0n) is 17.5. The quantitative estimate of drug-likeness (QED) is 0.649. The lowest BCUT2D eigenvalue weighted by Crippen LogP contribution is -2.45. The van der Waals surface area contributed by atoms with E-state index in [0.717, 1.165) is 19.2 Å². The van der Waals surface area contributed by atoms with E-state index < -0.39 is 36.5 Å². The second-order valence-electron chi connectivity index (χ2n) is 8.05. The van der Waals surface area contributed by atoms with E-state index in [1.165, 1.54) is 6.20 Å². The van der Waals surface area contributed by atoms with Gasteiger partial charge in [-0.05, 0) is 20.0 Å². The Bertz CT molecular complexity index is 1060. The number of benzene rings is 1. The number of carbonyl (C=O) groups is 1. The average Bonchev–Trinajstić information content (AvgIpc) is 2.76. The molecular formula is C21H26FN3O6. The highest BCUT2D eigenvalue weighted by molar-refractivity contribution is 5.98. The highest BCUT2D eigenvalue weighted by Gasteiger charge is 2.31. The number of aromatic nitrogens is 1. The molecule has 1 atom stereocenters. The third-order valence-corrected chi connectivity index (χ3v) is 5.86. The van der Waals surface area contributed by atoms with Gasteiger partial charge in [-0.3, -0.25) is 4.79 Å². The van der Waals surface area contributed by atoms with Crippen molar-refractivity contribution in [2.45, 2.75) is 19.1 Å². The lowest BCUT2D eigenvalue weighted by Gasteiger charge is -2.37. The third kappa shape index (κ3) is 3.75. The molecule has 31 heavy (non-hydrogen) atoms. The fourth-order valence-corrected chi connectivity index (χ4v) is 4.03. The second-order valence-corrected chi connectivity index (χ2v) is 8.05. The Morgan fingerprint density at radius 2 is 1.97 bits per heavy atom. The first-order chi connectivity index (χ1) is 14.8. The molecule has 9 nitrogen and oxygen atoms in total. The zero-order valence-corrected chi connectivity index (χ0v) is 17.5. The highest BCUT2D eigenvalue weighted by Crippen LogP contribution is 2.42. The molecule has 4 rings (SSSR count). The van der Waals surface area contributed by atoms with Crippen molar-refractivity contribution in [2.24, 2.45) is 0 Å². The standard InChI is InChI=1S/C21H26FN3O6/c1-12-11-30-20-17-14(7-16(22)18(20)24-5-3-23(2)4-6-24)19(28)15(8-25(12)17)21(29)31-13(9-26)10-27/h7-8,12-13,26-27H,3-6,9-11H2,1-2H3. The van der Waals surface area contributed by atoms with Crippen LogP contribution in [0.2, 0.25) is 0 Å². The van der Waals surface area contributed by atoms with Gasteiger partial charge in [-0.25, -0.2) is 9.18 Å². The molecule has 0 spiro atoms. The number of likely N-dealkylation sites (N-methyl/N-ethyl adjacent to an activating group) is 1. The molecule has 1 saturated heterocycles. The number of halogens is 1. The van der Waals surface area contributed by atoms with Crippen LogP contribution in [0.1, 0.15) is 23.3 Å². The monoisotopic (exact) mass is 435 g/mol. The number of anilines is 1. The molecule has 0 amide bonds. The van der Waals surface area contributed by atoms with Crippen LogP contribution in [0.4, 0.5) is 10.1 Å². The van der Waals surface area contributed by atoms with Gasteiger partial charge in [0.15, 0.2) is 11.6 Å². The summed E-state index contributed by atoms with van der Waals surface area (Å²) in [6.07, 6.45) is 0.248. The Balaban J connectivity index is 1.87. The van der Waals surface area contributed by atoms with Crippen LogP contribution >= 0.6 is 0 Å². The summed E-state index contributed by atoms with van der Waals surface area (Å²) in [4.78, 5) is 29.7. The smallest absolute Gasteiger partial charge is 0.344 e. The maximum absolute atomic E-state index is 15.3. The van der Waals surface area contributed by atoms with Crippen LogP contribution in [0.25, 0.3) is 10.9 Å². The van der Waals surface area contributed by atoms with Gasteiger partial charge in [0.05, 0.1) is 30.2 Å². The summed E-state index contributed by atoms with van der Waals surface area (Å²) >= 11 is 0. The molecule has 0 saturated carbocycles. The largest absolute Gasteiger partial charge is 0.487 e. The lowest BCUT2D eigenvalue weighted by atomic mass is 10.1. The van der Waals surface area contributed by atoms with Gasteiger partial charge in [0.25, 0.3) is 0 Å². The Kier molecular flexibility index (Phi) is 5.87. The molecule has 168 valence electrons. The zero-order chi connectivity index (χ0) is 22.3. The SMILES string of the molecule is CC1COc2c(N3CCN(C)CC3)c(F)cc3c(=O)c(C(=O)OC(CO)CO)cn1c23. The first-order valence-electron chi connectivity index (χ1n) is 10.3. The minimum atomic E-state index is -1.14. The van der Waals surface area contributed by atoms with Gasteiger partial charge in [0.2, 0.25) is 5.43 Å². The number of aliphatic hydroxyl groups is 2. The normalized spacial score (nSPS) is 19.0. The van der Waals surface area contributed by atoms with E-state index in [2.05, 4.69) is 4.90 Å². The summed E-state index contributed by atoms with van der Waals surface area (Å²) < 4.78 is 27.9. The van der Waals surface area contributed by atoms with Crippen LogP contribution in [0, 0.1) is 5.82 Å². The van der Waals surface area contributed by atoms with E-state index >= 15 is 4.39 Å². The fraction of sp³-hybridized carbons (Fsp3) is 0.524. The van der Waals surface area contributed by atoms with Gasteiger partial charge in [-0.1, -0.05) is 0 Å². The summed E-state index contributed by atoms with van der Waals surface area (Å²) in [5.41, 5.74) is -0.201. The number of hydrogen-bond donors (Lipinski definition) is 2. The van der Waals surface area contributed by atoms with Gasteiger partial charge in [-0.2, -0.15) is 0 Å². The number of pyridine rings is 1. The molecular weight excluding hydrogens is 409 g/mol. The molecule has 2 aliphatic rings. The molecule has 1 unspecified atom stereocenters. The van der Waals surface area contributed by atoms with Gasteiger partial charge in [0, 0.05) is 32.4 Å². The first kappa shape index (κ1) is 21.5. The summed E-state index contributed by atoms with van der Waals surface area (Å²) in [5, 5.41) is 18.4. The van der Waals surface area contributed by atoms with E-state index in [9.17, 15) is 9.59 Å². The maximum Gasteiger partial charge on any atom is 0.344 e. The molecule has 2 aliphatic heterocycles. The summed E-state index contributed by atoms with van der Waals surface area (Å²) in [6, 6.07) is 0.943. The third-order valence-electron chi connectivity index (χ3n) is 5.86. The molecule has 1 fully saturated rings. The Morgan fingerprint density at radius 1 is 1.29 bits per heavy atom. The van der Waals surface area contributed by atoms with Crippen molar-refractivity contribution in [1.29, 1.82) is 0 Å². The van der Waals surface area contributed by atoms with Gasteiger partial charge < -0.3 is 34.1 Å². The van der Waals surface area contributed by atoms with Crippen LogP contribution in [-0.2, 0) is 4.74 Å². The van der Waals surface area contributed by atoms with E-state index in [1.807, 2.05) is 18.9 Å². The molecule has 10 heteroatoms. The van der Waals surface area contributed by atoms with Crippen molar-refractivity contribution in [3.8, 4) is 5.75 Å². The number of piperazine rings is 1. The number of carbonyl (C=O) groups excluding carboxylic acids is 1. The Morgan fingerprint density at radius 3 is 2.61 bits per heavy atom. The van der Waals surface area contributed by atoms with Crippen molar-refractivity contribution >= 4 is 22.6 Å². The molecule has 2 aromatic rings. The van der Waals surface area contributed by atoms with Crippen molar-refractivity contribution in [2.75, 3.05) is 57.9 Å². The number of nitrogens with zero attached hydrogens (tertiary/aromatic N) is 3. The van der Waals surface area contributed by atoms with Crippen molar-refractivity contribution in [1.82, 2.24) is 9.47 Å². The molecule has 0 bridgehead atoms. The Hall–Kier alpha value is -2.69. The number of aliphatic hydroxyl groups excluding tert-OH is 2. The van der Waals surface area contributed by atoms with Crippen LogP contribution in [0.5, 0.6) is 5.75 Å². The van der Waals surface area contributed by atoms with Crippen LogP contribution in [0.15, 0.2) is 17.1 Å². The molecule has 1 aromatic carbocycles. The number of ether oxygens (including phenoxy) is 2. The number of hydrogen-bond acceptors (Lipinski definition) is 8. The minimum absolute atomic E-state index is 0.0240. The van der Waals surface area contributed by atoms with Gasteiger partial charge in [-0.15, -0.1) is 0 Å². The summed E-state index contributed by atoms with van der Waals surface area (Å²) in [7, 11) is 2.01. The number of rotatable bonds is 5. The minimum Gasteiger partial charge on any atom is -0.487 e. The summed E-state index contributed by atoms with van der Waals surface area (Å²) in [6.45, 7) is 3.77. The van der Waals surface area contributed by atoms with E-state index in [1.54, 1.807) is 4.57 Å². The average molecular weight is 435 g/mol. The Labute approximate surface area is 178 Å². The maximum atomic E-state index is 15.3. The highest BCUT2D eigenvalue weighted by atomic mass is 19.1. The predicted molar refractivity (Wildman–Crippen MR) is 111 cm³/mol. The lowest BCUT2D eigenvalue weighted by molar-refractivity contribution is -0.00563. The van der Waals surface area contributed by atoms with E-state index in [0.29, 0.717) is 30.0 Å². The first-order valence-corrected chi connectivity index (χ1v) is 10.3. The van der Waals surface area contributed by atoms with Crippen LogP contribution < -0.4 is 15.1 Å². The summed E-state index contributed by atoms with van der Waals surface area (Å²) in [5.74, 6) is -1.26. The van der Waals surface area contributed by atoms with Gasteiger partial charge >= 0.3 is 5.97 Å².